The molecule has 1 amide bonds. The molecule has 1 heterocycles. The van der Waals surface area contributed by atoms with E-state index in [2.05, 4.69) is 22.4 Å². The van der Waals surface area contributed by atoms with Crippen molar-refractivity contribution in [2.24, 2.45) is 0 Å². The Morgan fingerprint density at radius 3 is 2.88 bits per heavy atom. The van der Waals surface area contributed by atoms with E-state index < -0.39 is 0 Å². The second kappa shape index (κ2) is 10.5. The first kappa shape index (κ1) is 18.9. The number of hydrogen-bond donors (Lipinski definition) is 1. The van der Waals surface area contributed by atoms with Gasteiger partial charge in [0.2, 0.25) is 11.0 Å². The molecule has 1 aromatic carbocycles. The van der Waals surface area contributed by atoms with Crippen molar-refractivity contribution in [3.8, 4) is 11.5 Å². The lowest BCUT2D eigenvalue weighted by Crippen LogP contribution is -2.07. The van der Waals surface area contributed by atoms with Crippen molar-refractivity contribution in [3.63, 3.8) is 0 Å². The molecule has 0 aliphatic carbocycles. The first-order valence-electron chi connectivity index (χ1n) is 8.29. The van der Waals surface area contributed by atoms with E-state index in [1.165, 1.54) is 36.7 Å². The van der Waals surface area contributed by atoms with Crippen LogP contribution in [0.3, 0.4) is 0 Å². The molecule has 134 valence electrons. The van der Waals surface area contributed by atoms with Crippen LogP contribution in [-0.2, 0) is 4.79 Å². The maximum Gasteiger partial charge on any atom is 0.250 e. The van der Waals surface area contributed by atoms with Crippen molar-refractivity contribution < 1.29 is 14.3 Å². The molecule has 0 bridgehead atoms. The molecule has 1 N–H and O–H groups in total. The minimum atomic E-state index is -0.257. The molecule has 0 saturated carbocycles. The third kappa shape index (κ3) is 6.54. The highest BCUT2D eigenvalue weighted by Gasteiger charge is 2.05. The fraction of sp³-hybridized carbons (Fsp3) is 0.389. The number of anilines is 1. The molecule has 0 saturated heterocycles. The zero-order chi connectivity index (χ0) is 17.9. The third-order valence-electron chi connectivity index (χ3n) is 3.46. The number of aromatic nitrogens is 2. The molecule has 1 aromatic heterocycles. The van der Waals surface area contributed by atoms with E-state index in [4.69, 9.17) is 9.47 Å². The summed E-state index contributed by atoms with van der Waals surface area (Å²) in [7, 11) is 1.61. The van der Waals surface area contributed by atoms with E-state index in [9.17, 15) is 4.79 Å². The summed E-state index contributed by atoms with van der Waals surface area (Å²) in [5.74, 6) is 1.11. The first-order chi connectivity index (χ1) is 12.2. The van der Waals surface area contributed by atoms with Gasteiger partial charge in [-0.1, -0.05) is 43.6 Å². The van der Waals surface area contributed by atoms with Crippen LogP contribution in [0.2, 0.25) is 0 Å². The van der Waals surface area contributed by atoms with Crippen molar-refractivity contribution in [1.82, 2.24) is 10.2 Å². The Hall–Kier alpha value is -2.41. The number of hydrogen-bond acceptors (Lipinski definition) is 6. The van der Waals surface area contributed by atoms with Crippen LogP contribution in [0, 0.1) is 0 Å². The average molecular weight is 361 g/mol. The molecular formula is C18H23N3O3S. The fourth-order valence-corrected chi connectivity index (χ4v) is 2.61. The summed E-state index contributed by atoms with van der Waals surface area (Å²) >= 11 is 1.27. The van der Waals surface area contributed by atoms with Crippen LogP contribution in [0.25, 0.3) is 6.08 Å². The van der Waals surface area contributed by atoms with E-state index in [0.717, 1.165) is 17.7 Å². The Morgan fingerprint density at radius 1 is 1.28 bits per heavy atom. The summed E-state index contributed by atoms with van der Waals surface area (Å²) in [5.41, 5.74) is 2.41. The van der Waals surface area contributed by atoms with Gasteiger partial charge < -0.3 is 9.47 Å². The SMILES string of the molecule is CCCCCCOc1ccc(/C=C/C(=O)Nc2nncs2)cc1OC. The van der Waals surface area contributed by atoms with Crippen molar-refractivity contribution in [1.29, 1.82) is 0 Å². The van der Waals surface area contributed by atoms with Gasteiger partial charge >= 0.3 is 0 Å². The largest absolute Gasteiger partial charge is 0.493 e. The van der Waals surface area contributed by atoms with Gasteiger partial charge in [-0.3, -0.25) is 10.1 Å². The van der Waals surface area contributed by atoms with E-state index in [1.807, 2.05) is 18.2 Å². The minimum absolute atomic E-state index is 0.257. The van der Waals surface area contributed by atoms with Gasteiger partial charge in [-0.15, -0.1) is 10.2 Å². The van der Waals surface area contributed by atoms with Crippen molar-refractivity contribution in [2.75, 3.05) is 19.0 Å². The standard InChI is InChI=1S/C18H23N3O3S/c1-3-4-5-6-11-24-15-9-7-14(12-16(15)23-2)8-10-17(22)20-18-21-19-13-25-18/h7-10,12-13H,3-6,11H2,1-2H3,(H,20,21,22)/b10-8+. The Bertz CT molecular complexity index is 687. The maximum absolute atomic E-state index is 11.8. The number of benzene rings is 1. The van der Waals surface area contributed by atoms with E-state index >= 15 is 0 Å². The number of carbonyl (C=O) groups excluding carboxylic acids is 1. The molecule has 6 nitrogen and oxygen atoms in total. The average Bonchev–Trinajstić information content (AvgIpc) is 3.13. The third-order valence-corrected chi connectivity index (χ3v) is 4.07. The summed E-state index contributed by atoms with van der Waals surface area (Å²) < 4.78 is 11.2. The molecule has 0 aliphatic heterocycles. The Kier molecular flexibility index (Phi) is 7.91. The number of nitrogens with zero attached hydrogens (tertiary/aromatic N) is 2. The minimum Gasteiger partial charge on any atom is -0.493 e. The first-order valence-corrected chi connectivity index (χ1v) is 9.17. The number of rotatable bonds is 10. The van der Waals surface area contributed by atoms with Gasteiger partial charge in [-0.2, -0.15) is 0 Å². The maximum atomic E-state index is 11.8. The molecule has 25 heavy (non-hydrogen) atoms. The number of ether oxygens (including phenoxy) is 2. The highest BCUT2D eigenvalue weighted by Crippen LogP contribution is 2.28. The Labute approximate surface area is 151 Å². The zero-order valence-corrected chi connectivity index (χ0v) is 15.3. The Balaban J connectivity index is 1.91. The molecule has 0 spiro atoms. The lowest BCUT2D eigenvalue weighted by atomic mass is 10.2. The fourth-order valence-electron chi connectivity index (χ4n) is 2.16. The topological polar surface area (TPSA) is 73.3 Å². The smallest absolute Gasteiger partial charge is 0.250 e. The number of carbonyl (C=O) groups is 1. The second-order valence-corrected chi connectivity index (χ2v) is 6.22. The summed E-state index contributed by atoms with van der Waals surface area (Å²) in [4.78, 5) is 11.8. The summed E-state index contributed by atoms with van der Waals surface area (Å²) in [6.07, 6.45) is 7.79. The number of methoxy groups -OCH3 is 1. The molecule has 2 aromatic rings. The molecule has 0 unspecified atom stereocenters. The second-order valence-electron chi connectivity index (χ2n) is 5.39. The predicted molar refractivity (Wildman–Crippen MR) is 100 cm³/mol. The normalized spacial score (nSPS) is 10.8. The zero-order valence-electron chi connectivity index (χ0n) is 14.5. The molecule has 0 radical (unpaired) electrons. The van der Waals surface area contributed by atoms with E-state index in [0.29, 0.717) is 17.5 Å². The number of amides is 1. The van der Waals surface area contributed by atoms with Crippen LogP contribution < -0.4 is 14.8 Å². The van der Waals surface area contributed by atoms with Gasteiger partial charge in [0.15, 0.2) is 11.5 Å². The van der Waals surface area contributed by atoms with Crippen LogP contribution in [0.15, 0.2) is 29.8 Å². The van der Waals surface area contributed by atoms with Crippen molar-refractivity contribution in [2.45, 2.75) is 32.6 Å². The van der Waals surface area contributed by atoms with Gasteiger partial charge in [-0.05, 0) is 30.2 Å². The quantitative estimate of drug-likeness (QED) is 0.508. The summed E-state index contributed by atoms with van der Waals surface area (Å²) in [6, 6.07) is 5.59. The van der Waals surface area contributed by atoms with Gasteiger partial charge in [0.05, 0.1) is 13.7 Å². The van der Waals surface area contributed by atoms with E-state index in [-0.39, 0.29) is 5.91 Å². The van der Waals surface area contributed by atoms with Crippen LogP contribution in [0.4, 0.5) is 5.13 Å². The van der Waals surface area contributed by atoms with Crippen molar-refractivity contribution in [3.05, 3.63) is 35.3 Å². The molecular weight excluding hydrogens is 338 g/mol. The highest BCUT2D eigenvalue weighted by atomic mass is 32.1. The monoisotopic (exact) mass is 361 g/mol. The molecule has 2 rings (SSSR count). The van der Waals surface area contributed by atoms with E-state index in [1.54, 1.807) is 18.7 Å². The Morgan fingerprint density at radius 2 is 2.16 bits per heavy atom. The lowest BCUT2D eigenvalue weighted by Gasteiger charge is -2.11. The molecule has 0 atom stereocenters. The van der Waals surface area contributed by atoms with Gasteiger partial charge in [0.25, 0.3) is 0 Å². The molecule has 0 aliphatic rings. The summed E-state index contributed by atoms with van der Waals surface area (Å²) in [5, 5.41) is 10.5. The summed E-state index contributed by atoms with van der Waals surface area (Å²) in [6.45, 7) is 2.86. The van der Waals surface area contributed by atoms with Crippen molar-refractivity contribution >= 4 is 28.5 Å². The van der Waals surface area contributed by atoms with Crippen LogP contribution in [0.1, 0.15) is 38.2 Å². The lowest BCUT2D eigenvalue weighted by molar-refractivity contribution is -0.111. The molecule has 7 heteroatoms. The highest BCUT2D eigenvalue weighted by molar-refractivity contribution is 7.13. The van der Waals surface area contributed by atoms with Crippen LogP contribution >= 0.6 is 11.3 Å². The van der Waals surface area contributed by atoms with Crippen LogP contribution in [0.5, 0.6) is 11.5 Å². The molecule has 0 fully saturated rings. The van der Waals surface area contributed by atoms with Gasteiger partial charge in [0.1, 0.15) is 5.51 Å². The van der Waals surface area contributed by atoms with Crippen LogP contribution in [-0.4, -0.2) is 29.8 Å². The number of nitrogens with one attached hydrogen (secondary N) is 1. The van der Waals surface area contributed by atoms with Gasteiger partial charge in [0, 0.05) is 6.08 Å². The van der Waals surface area contributed by atoms with Gasteiger partial charge in [-0.25, -0.2) is 0 Å². The number of unbranched alkanes of at least 4 members (excludes halogenated alkanes) is 3. The predicted octanol–water partition coefficient (Wildman–Crippen LogP) is 4.16.